The Bertz CT molecular complexity index is 370. The number of carbonyl (C=O) groups is 3. The van der Waals surface area contributed by atoms with Gasteiger partial charge in [-0.2, -0.15) is 0 Å². The van der Waals surface area contributed by atoms with Crippen LogP contribution in [0.4, 0.5) is 0 Å². The summed E-state index contributed by atoms with van der Waals surface area (Å²) < 4.78 is 20.3. The second-order valence-electron chi connectivity index (χ2n) is 4.02. The molecule has 0 bridgehead atoms. The highest BCUT2D eigenvalue weighted by molar-refractivity contribution is 7.80. The minimum Gasteiger partial charge on any atom is -0.463 e. The maximum absolute atomic E-state index is 11.1. The topological polar surface area (TPSA) is 88.1 Å². The van der Waals surface area contributed by atoms with Crippen molar-refractivity contribution in [3.8, 4) is 0 Å². The molecule has 1 saturated heterocycles. The summed E-state index contributed by atoms with van der Waals surface area (Å²) in [7, 11) is 0. The molecule has 108 valence electrons. The Labute approximate surface area is 115 Å². The molecule has 8 heteroatoms. The summed E-state index contributed by atoms with van der Waals surface area (Å²) in [5, 5.41) is 0. The highest BCUT2D eigenvalue weighted by Gasteiger charge is 2.48. The van der Waals surface area contributed by atoms with Gasteiger partial charge in [-0.3, -0.25) is 14.4 Å². The number of rotatable bonds is 4. The Balaban J connectivity index is 2.76. The van der Waals surface area contributed by atoms with Gasteiger partial charge in [-0.1, -0.05) is 0 Å². The molecule has 1 fully saturated rings. The summed E-state index contributed by atoms with van der Waals surface area (Å²) in [5.41, 5.74) is -0.756. The van der Waals surface area contributed by atoms with Gasteiger partial charge in [0.05, 0.1) is 0 Å². The van der Waals surface area contributed by atoms with Gasteiger partial charge in [-0.25, -0.2) is 0 Å². The quantitative estimate of drug-likeness (QED) is 0.445. The van der Waals surface area contributed by atoms with Gasteiger partial charge in [0.1, 0.15) is 18.1 Å². The number of esters is 3. The predicted octanol–water partition coefficient (Wildman–Crippen LogP) is 0.0676. The fourth-order valence-electron chi connectivity index (χ4n) is 1.69. The van der Waals surface area contributed by atoms with Gasteiger partial charge < -0.3 is 18.9 Å². The minimum absolute atomic E-state index is 0.109. The molecule has 1 aliphatic rings. The first-order valence-electron chi connectivity index (χ1n) is 5.62. The van der Waals surface area contributed by atoms with Gasteiger partial charge >= 0.3 is 17.9 Å². The average Bonchev–Trinajstić information content (AvgIpc) is 2.53. The van der Waals surface area contributed by atoms with Crippen molar-refractivity contribution in [3.63, 3.8) is 0 Å². The molecule has 1 rings (SSSR count). The second-order valence-corrected chi connectivity index (χ2v) is 4.52. The number of hydrogen-bond donors (Lipinski definition) is 1. The Kier molecular flexibility index (Phi) is 5.61. The minimum atomic E-state index is -0.858. The largest absolute Gasteiger partial charge is 0.463 e. The van der Waals surface area contributed by atoms with E-state index in [0.717, 1.165) is 0 Å². The highest BCUT2D eigenvalue weighted by Crippen LogP contribution is 2.29. The summed E-state index contributed by atoms with van der Waals surface area (Å²) in [6, 6.07) is 0. The SMILES string of the molecule is CC(=O)OC[C@@H]1O[C@H](S)[C@@H](OC(C)=O)[C@@H]1OC(C)=O. The fraction of sp³-hybridized carbons (Fsp3) is 0.727. The summed E-state index contributed by atoms with van der Waals surface area (Å²) in [6.45, 7) is 3.59. The maximum atomic E-state index is 11.1. The number of hydrogen-bond acceptors (Lipinski definition) is 8. The normalized spacial score (nSPS) is 29.7. The molecule has 1 heterocycles. The van der Waals surface area contributed by atoms with Crippen molar-refractivity contribution in [3.05, 3.63) is 0 Å². The van der Waals surface area contributed by atoms with E-state index in [1.54, 1.807) is 0 Å². The molecular formula is C11H16O7S. The van der Waals surface area contributed by atoms with Gasteiger partial charge in [-0.15, -0.1) is 12.6 Å². The molecule has 0 aromatic carbocycles. The van der Waals surface area contributed by atoms with E-state index in [2.05, 4.69) is 12.6 Å². The first kappa shape index (κ1) is 15.8. The van der Waals surface area contributed by atoms with Gasteiger partial charge in [0.2, 0.25) is 0 Å². The molecule has 7 nitrogen and oxygen atoms in total. The van der Waals surface area contributed by atoms with E-state index >= 15 is 0 Å². The van der Waals surface area contributed by atoms with Crippen LogP contribution in [0.25, 0.3) is 0 Å². The van der Waals surface area contributed by atoms with E-state index < -0.39 is 41.7 Å². The Morgan fingerprint density at radius 1 is 1.00 bits per heavy atom. The van der Waals surface area contributed by atoms with Crippen LogP contribution >= 0.6 is 12.6 Å². The van der Waals surface area contributed by atoms with Crippen LogP contribution in [0.1, 0.15) is 20.8 Å². The maximum Gasteiger partial charge on any atom is 0.303 e. The van der Waals surface area contributed by atoms with E-state index in [1.165, 1.54) is 20.8 Å². The van der Waals surface area contributed by atoms with E-state index in [1.807, 2.05) is 0 Å². The summed E-state index contributed by atoms with van der Waals surface area (Å²) in [4.78, 5) is 32.9. The van der Waals surface area contributed by atoms with Gasteiger partial charge in [0, 0.05) is 20.8 Å². The van der Waals surface area contributed by atoms with Crippen LogP contribution in [0.5, 0.6) is 0 Å². The van der Waals surface area contributed by atoms with Crippen molar-refractivity contribution in [1.29, 1.82) is 0 Å². The van der Waals surface area contributed by atoms with Gasteiger partial charge in [0.15, 0.2) is 12.2 Å². The van der Waals surface area contributed by atoms with E-state index in [9.17, 15) is 14.4 Å². The smallest absolute Gasteiger partial charge is 0.303 e. The zero-order valence-corrected chi connectivity index (χ0v) is 11.7. The Morgan fingerprint density at radius 2 is 1.53 bits per heavy atom. The van der Waals surface area contributed by atoms with Crippen molar-refractivity contribution in [2.45, 2.75) is 44.5 Å². The summed E-state index contributed by atoms with van der Waals surface area (Å²) >= 11 is 4.12. The van der Waals surface area contributed by atoms with E-state index in [0.29, 0.717) is 0 Å². The standard InChI is InChI=1S/C11H16O7S/c1-5(12)15-4-8-9(16-6(2)13)10(11(19)18-8)17-7(3)14/h8-11,19H,4H2,1-3H3/t8-,9+,10-,11+/m0/s1. The van der Waals surface area contributed by atoms with Crippen molar-refractivity contribution >= 4 is 30.5 Å². The lowest BCUT2D eigenvalue weighted by atomic mass is 10.1. The van der Waals surface area contributed by atoms with Crippen LogP contribution in [0, 0.1) is 0 Å². The monoisotopic (exact) mass is 292 g/mol. The summed E-state index contributed by atoms with van der Waals surface area (Å²) in [6.07, 6.45) is -2.42. The molecule has 0 radical (unpaired) electrons. The van der Waals surface area contributed by atoms with E-state index in [4.69, 9.17) is 18.9 Å². The average molecular weight is 292 g/mol. The number of carbonyl (C=O) groups excluding carboxylic acids is 3. The molecular weight excluding hydrogens is 276 g/mol. The molecule has 1 aliphatic heterocycles. The third-order valence-corrected chi connectivity index (χ3v) is 2.76. The fourth-order valence-corrected chi connectivity index (χ4v) is 2.08. The number of ether oxygens (including phenoxy) is 4. The lowest BCUT2D eigenvalue weighted by Gasteiger charge is -2.22. The number of thiol groups is 1. The third-order valence-electron chi connectivity index (χ3n) is 2.34. The van der Waals surface area contributed by atoms with E-state index in [-0.39, 0.29) is 6.61 Å². The zero-order chi connectivity index (χ0) is 14.6. The van der Waals surface area contributed by atoms with Crippen LogP contribution in [-0.2, 0) is 33.3 Å². The van der Waals surface area contributed by atoms with Crippen molar-refractivity contribution in [2.24, 2.45) is 0 Å². The molecule has 19 heavy (non-hydrogen) atoms. The van der Waals surface area contributed by atoms with Gasteiger partial charge in [0.25, 0.3) is 0 Å². The molecule has 0 saturated carbocycles. The third kappa shape index (κ3) is 4.71. The van der Waals surface area contributed by atoms with Crippen molar-refractivity contribution in [1.82, 2.24) is 0 Å². The van der Waals surface area contributed by atoms with Crippen molar-refractivity contribution < 1.29 is 33.3 Å². The zero-order valence-electron chi connectivity index (χ0n) is 10.8. The molecule has 0 N–H and O–H groups in total. The van der Waals surface area contributed by atoms with Crippen LogP contribution in [0.2, 0.25) is 0 Å². The van der Waals surface area contributed by atoms with Crippen LogP contribution in [-0.4, -0.2) is 48.3 Å². The molecule has 0 spiro atoms. The molecule has 0 aromatic heterocycles. The van der Waals surface area contributed by atoms with Crippen molar-refractivity contribution in [2.75, 3.05) is 6.61 Å². The molecule has 0 aromatic rings. The van der Waals surface area contributed by atoms with Crippen LogP contribution in [0.3, 0.4) is 0 Å². The lowest BCUT2D eigenvalue weighted by molar-refractivity contribution is -0.165. The molecule has 0 amide bonds. The van der Waals surface area contributed by atoms with Gasteiger partial charge in [-0.05, 0) is 0 Å². The highest BCUT2D eigenvalue weighted by atomic mass is 32.1. The molecule has 4 atom stereocenters. The van der Waals surface area contributed by atoms with Crippen LogP contribution in [0.15, 0.2) is 0 Å². The lowest BCUT2D eigenvalue weighted by Crippen LogP contribution is -2.40. The first-order valence-corrected chi connectivity index (χ1v) is 6.14. The molecule has 0 aliphatic carbocycles. The first-order chi connectivity index (χ1) is 8.81. The summed E-state index contributed by atoms with van der Waals surface area (Å²) in [5.74, 6) is -1.59. The Hall–Kier alpha value is -1.28. The Morgan fingerprint density at radius 3 is 2.00 bits per heavy atom. The van der Waals surface area contributed by atoms with Crippen LogP contribution < -0.4 is 0 Å². The second kappa shape index (κ2) is 6.76. The predicted molar refractivity (Wildman–Crippen MR) is 65.4 cm³/mol. The molecule has 0 unspecified atom stereocenters.